The second-order valence-corrected chi connectivity index (χ2v) is 8.63. The molecule has 3 atom stereocenters. The Labute approximate surface area is 196 Å². The van der Waals surface area contributed by atoms with Crippen LogP contribution >= 0.6 is 0 Å². The summed E-state index contributed by atoms with van der Waals surface area (Å²) in [6, 6.07) is 5.29. The SMILES string of the molecule is CNc1cc(Nc2cccn([C@@H]3CCCOC3)c2=O)nc2c(C(=O)NC3CC[C@H]3OC)cnn12. The fourth-order valence-corrected chi connectivity index (χ4v) is 4.50. The number of methoxy groups -OCH3 is 1. The van der Waals surface area contributed by atoms with Gasteiger partial charge in [-0.2, -0.15) is 9.61 Å². The number of ether oxygens (including phenoxy) is 2. The Balaban J connectivity index is 1.44. The summed E-state index contributed by atoms with van der Waals surface area (Å²) >= 11 is 0. The minimum Gasteiger partial charge on any atom is -0.379 e. The number of amides is 1. The number of nitrogens with one attached hydrogen (secondary N) is 3. The van der Waals surface area contributed by atoms with Crippen molar-refractivity contribution in [2.45, 2.75) is 43.9 Å². The second-order valence-electron chi connectivity index (χ2n) is 8.63. The van der Waals surface area contributed by atoms with E-state index in [0.717, 1.165) is 32.3 Å². The lowest BCUT2D eigenvalue weighted by molar-refractivity contribution is 0.00732. The van der Waals surface area contributed by atoms with Gasteiger partial charge in [-0.3, -0.25) is 9.59 Å². The van der Waals surface area contributed by atoms with Crippen molar-refractivity contribution in [3.05, 3.63) is 46.5 Å². The van der Waals surface area contributed by atoms with Gasteiger partial charge in [-0.1, -0.05) is 0 Å². The van der Waals surface area contributed by atoms with Crippen LogP contribution in [0.3, 0.4) is 0 Å². The number of hydrogen-bond acceptors (Lipinski definition) is 8. The molecule has 3 aromatic heterocycles. The highest BCUT2D eigenvalue weighted by molar-refractivity contribution is 6.00. The monoisotopic (exact) mass is 467 g/mol. The first-order valence-electron chi connectivity index (χ1n) is 11.5. The van der Waals surface area contributed by atoms with E-state index in [2.05, 4.69) is 26.0 Å². The summed E-state index contributed by atoms with van der Waals surface area (Å²) in [4.78, 5) is 30.7. The van der Waals surface area contributed by atoms with Crippen molar-refractivity contribution in [2.75, 3.05) is 38.0 Å². The minimum atomic E-state index is -0.257. The van der Waals surface area contributed by atoms with E-state index in [4.69, 9.17) is 9.47 Å². The molecule has 2 fully saturated rings. The van der Waals surface area contributed by atoms with Crippen molar-refractivity contribution >= 4 is 28.9 Å². The third-order valence-corrected chi connectivity index (χ3v) is 6.57. The highest BCUT2D eigenvalue weighted by atomic mass is 16.5. The van der Waals surface area contributed by atoms with Gasteiger partial charge in [-0.25, -0.2) is 4.98 Å². The Kier molecular flexibility index (Phi) is 6.20. The second kappa shape index (κ2) is 9.43. The minimum absolute atomic E-state index is 0.0128. The largest absolute Gasteiger partial charge is 0.379 e. The van der Waals surface area contributed by atoms with Crippen molar-refractivity contribution in [1.29, 1.82) is 0 Å². The summed E-state index contributed by atoms with van der Waals surface area (Å²) in [6.07, 6.45) is 6.94. The van der Waals surface area contributed by atoms with E-state index < -0.39 is 0 Å². The molecule has 1 unspecified atom stereocenters. The van der Waals surface area contributed by atoms with E-state index in [-0.39, 0.29) is 29.7 Å². The van der Waals surface area contributed by atoms with Gasteiger partial charge in [0.25, 0.3) is 11.5 Å². The van der Waals surface area contributed by atoms with Gasteiger partial charge in [0, 0.05) is 33.0 Å². The fourth-order valence-electron chi connectivity index (χ4n) is 4.50. The number of nitrogens with zero attached hydrogens (tertiary/aromatic N) is 4. The van der Waals surface area contributed by atoms with Gasteiger partial charge < -0.3 is 30.0 Å². The molecule has 0 radical (unpaired) electrons. The third-order valence-electron chi connectivity index (χ3n) is 6.57. The lowest BCUT2D eigenvalue weighted by Gasteiger charge is -2.35. The van der Waals surface area contributed by atoms with Crippen molar-refractivity contribution in [2.24, 2.45) is 0 Å². The zero-order chi connectivity index (χ0) is 23.7. The molecule has 1 aliphatic heterocycles. The Morgan fingerprint density at radius 3 is 2.88 bits per heavy atom. The van der Waals surface area contributed by atoms with E-state index in [1.807, 2.05) is 6.07 Å². The molecule has 1 amide bonds. The Morgan fingerprint density at radius 1 is 1.29 bits per heavy atom. The number of fused-ring (bicyclic) bond motifs is 1. The summed E-state index contributed by atoms with van der Waals surface area (Å²) < 4.78 is 14.2. The molecule has 4 heterocycles. The van der Waals surface area contributed by atoms with Crippen LogP contribution in [0.25, 0.3) is 5.65 Å². The molecule has 11 heteroatoms. The zero-order valence-corrected chi connectivity index (χ0v) is 19.3. The molecule has 11 nitrogen and oxygen atoms in total. The van der Waals surface area contributed by atoms with E-state index >= 15 is 0 Å². The first-order valence-corrected chi connectivity index (χ1v) is 11.5. The molecular formula is C23H29N7O4. The number of carbonyl (C=O) groups excluding carboxylic acids is 1. The maximum atomic E-state index is 13.1. The smallest absolute Gasteiger partial charge is 0.274 e. The van der Waals surface area contributed by atoms with Gasteiger partial charge in [0.1, 0.15) is 22.9 Å². The summed E-state index contributed by atoms with van der Waals surface area (Å²) in [5.41, 5.74) is 0.992. The quantitative estimate of drug-likeness (QED) is 0.482. The Bertz CT molecular complexity index is 1250. The molecule has 0 spiro atoms. The van der Waals surface area contributed by atoms with Gasteiger partial charge in [0.15, 0.2) is 5.65 Å². The number of carbonyl (C=O) groups is 1. The van der Waals surface area contributed by atoms with Crippen LogP contribution in [0.1, 0.15) is 42.1 Å². The number of aromatic nitrogens is 4. The van der Waals surface area contributed by atoms with Crippen LogP contribution in [0.5, 0.6) is 0 Å². The van der Waals surface area contributed by atoms with Gasteiger partial charge in [0.05, 0.1) is 31.0 Å². The van der Waals surface area contributed by atoms with Crippen LogP contribution in [-0.4, -0.2) is 64.6 Å². The van der Waals surface area contributed by atoms with Crippen LogP contribution in [0.2, 0.25) is 0 Å². The van der Waals surface area contributed by atoms with E-state index in [1.165, 1.54) is 6.20 Å². The summed E-state index contributed by atoms with van der Waals surface area (Å²) in [5.74, 6) is 0.800. The molecule has 3 N–H and O–H groups in total. The third kappa shape index (κ3) is 4.12. The summed E-state index contributed by atoms with van der Waals surface area (Å²) in [5, 5.41) is 13.6. The molecule has 3 aromatic rings. The number of anilines is 3. The molecule has 1 saturated heterocycles. The lowest BCUT2D eigenvalue weighted by atomic mass is 9.89. The van der Waals surface area contributed by atoms with Crippen LogP contribution in [0.4, 0.5) is 17.3 Å². The molecule has 0 bridgehead atoms. The number of rotatable bonds is 7. The van der Waals surface area contributed by atoms with Crippen LogP contribution in [-0.2, 0) is 9.47 Å². The highest BCUT2D eigenvalue weighted by Gasteiger charge is 2.33. The van der Waals surface area contributed by atoms with Crippen LogP contribution in [0.15, 0.2) is 35.4 Å². The summed E-state index contributed by atoms with van der Waals surface area (Å²) in [7, 11) is 3.41. The molecule has 1 saturated carbocycles. The first kappa shape index (κ1) is 22.4. The number of hydrogen-bond donors (Lipinski definition) is 3. The Hall–Kier alpha value is -3.44. The lowest BCUT2D eigenvalue weighted by Crippen LogP contribution is -2.51. The van der Waals surface area contributed by atoms with E-state index in [9.17, 15) is 9.59 Å². The fraction of sp³-hybridized carbons (Fsp3) is 0.478. The molecule has 2 aliphatic rings. The molecule has 5 rings (SSSR count). The average molecular weight is 468 g/mol. The topological polar surface area (TPSA) is 124 Å². The standard InChI is InChI=1S/C23H29N7O4/c1-24-20-11-19(26-17-6-3-9-29(23(17)32)14-5-4-10-34-13-14)28-21-15(12-25-30(20)21)22(31)27-16-7-8-18(16)33-2/h3,6,9,11-12,14,16,18,24H,4-5,7-8,10,13H2,1-2H3,(H,26,28)(H,27,31)/t14-,16?,18-/m1/s1. The molecule has 1 aliphatic carbocycles. The van der Waals surface area contributed by atoms with Crippen molar-refractivity contribution in [3.63, 3.8) is 0 Å². The van der Waals surface area contributed by atoms with Gasteiger partial charge >= 0.3 is 0 Å². The van der Waals surface area contributed by atoms with Crippen molar-refractivity contribution < 1.29 is 14.3 Å². The number of pyridine rings is 1. The maximum Gasteiger partial charge on any atom is 0.274 e. The van der Waals surface area contributed by atoms with Gasteiger partial charge in [-0.05, 0) is 37.8 Å². The van der Waals surface area contributed by atoms with Gasteiger partial charge in [-0.15, -0.1) is 0 Å². The molecular weight excluding hydrogens is 438 g/mol. The average Bonchev–Trinajstić information content (AvgIpc) is 3.27. The predicted molar refractivity (Wildman–Crippen MR) is 127 cm³/mol. The van der Waals surface area contributed by atoms with Gasteiger partial charge in [0.2, 0.25) is 0 Å². The first-order chi connectivity index (χ1) is 16.6. The van der Waals surface area contributed by atoms with Crippen molar-refractivity contribution in [1.82, 2.24) is 24.5 Å². The molecule has 0 aromatic carbocycles. The van der Waals surface area contributed by atoms with E-state index in [0.29, 0.717) is 35.1 Å². The maximum absolute atomic E-state index is 13.1. The Morgan fingerprint density at radius 2 is 2.18 bits per heavy atom. The van der Waals surface area contributed by atoms with E-state index in [1.54, 1.807) is 41.6 Å². The van der Waals surface area contributed by atoms with Crippen LogP contribution < -0.4 is 21.5 Å². The molecule has 34 heavy (non-hydrogen) atoms. The predicted octanol–water partition coefficient (Wildman–Crippen LogP) is 1.93. The van der Waals surface area contributed by atoms with Crippen LogP contribution in [0, 0.1) is 0 Å². The zero-order valence-electron chi connectivity index (χ0n) is 19.3. The van der Waals surface area contributed by atoms with Crippen molar-refractivity contribution in [3.8, 4) is 0 Å². The molecule has 180 valence electrons. The summed E-state index contributed by atoms with van der Waals surface area (Å²) in [6.45, 7) is 1.25. The highest BCUT2D eigenvalue weighted by Crippen LogP contribution is 2.25. The normalized spacial score (nSPS) is 22.2.